The molecule has 2 bridgehead atoms. The number of nitrogens with zero attached hydrogens (tertiary/aromatic N) is 1. The molecule has 2 aliphatic carbocycles. The Kier molecular flexibility index (Phi) is 4.43. The lowest BCUT2D eigenvalue weighted by Crippen LogP contribution is -2.40. The van der Waals surface area contributed by atoms with Gasteiger partial charge < -0.3 is 9.97 Å². The first-order chi connectivity index (χ1) is 14.6. The molecule has 2 aliphatic rings. The van der Waals surface area contributed by atoms with Gasteiger partial charge >= 0.3 is 0 Å². The van der Waals surface area contributed by atoms with E-state index in [1.807, 2.05) is 30.6 Å². The van der Waals surface area contributed by atoms with Crippen LogP contribution in [-0.4, -0.2) is 16.2 Å². The number of aromatic amines is 2. The van der Waals surface area contributed by atoms with Gasteiger partial charge in [-0.25, -0.2) is 0 Å². The van der Waals surface area contributed by atoms with E-state index in [1.165, 1.54) is 16.5 Å². The van der Waals surface area contributed by atoms with Gasteiger partial charge in [0.2, 0.25) is 5.56 Å². The highest BCUT2D eigenvalue weighted by Crippen LogP contribution is 2.51. The van der Waals surface area contributed by atoms with Crippen LogP contribution in [0.1, 0.15) is 37.1 Å². The van der Waals surface area contributed by atoms with E-state index in [1.54, 1.807) is 6.07 Å². The molecular formula is C26H25N3O. The number of allylic oxidation sites excluding steroid dienone is 3. The van der Waals surface area contributed by atoms with Crippen LogP contribution in [0.2, 0.25) is 0 Å². The first-order valence-electron chi connectivity index (χ1n) is 10.5. The second-order valence-electron chi connectivity index (χ2n) is 8.25. The first kappa shape index (κ1) is 18.6. The Morgan fingerprint density at radius 2 is 2.07 bits per heavy atom. The number of aliphatic imine (C=N–C) groups is 1. The fraction of sp³-hybridized carbons (Fsp3) is 0.231. The van der Waals surface area contributed by atoms with Gasteiger partial charge in [0, 0.05) is 53.0 Å². The van der Waals surface area contributed by atoms with Gasteiger partial charge in [-0.1, -0.05) is 42.0 Å². The predicted molar refractivity (Wildman–Crippen MR) is 124 cm³/mol. The van der Waals surface area contributed by atoms with Gasteiger partial charge in [0.15, 0.2) is 0 Å². The van der Waals surface area contributed by atoms with Gasteiger partial charge in [-0.05, 0) is 49.6 Å². The lowest BCUT2D eigenvalue weighted by atomic mass is 9.63. The molecule has 2 heterocycles. The fourth-order valence-corrected chi connectivity index (χ4v) is 5.20. The van der Waals surface area contributed by atoms with Crippen molar-refractivity contribution in [1.82, 2.24) is 9.97 Å². The summed E-state index contributed by atoms with van der Waals surface area (Å²) in [6, 6.07) is 11.9. The van der Waals surface area contributed by atoms with E-state index in [-0.39, 0.29) is 11.5 Å². The second kappa shape index (κ2) is 7.13. The van der Waals surface area contributed by atoms with Crippen molar-refractivity contribution in [2.45, 2.75) is 32.2 Å². The normalized spacial score (nSPS) is 24.7. The van der Waals surface area contributed by atoms with Crippen LogP contribution < -0.4 is 5.56 Å². The zero-order valence-corrected chi connectivity index (χ0v) is 17.3. The number of nitrogens with one attached hydrogen (secondary N) is 2. The molecule has 0 saturated heterocycles. The van der Waals surface area contributed by atoms with E-state index < -0.39 is 5.54 Å². The van der Waals surface area contributed by atoms with Crippen LogP contribution in [0.3, 0.4) is 0 Å². The maximum atomic E-state index is 11.9. The monoisotopic (exact) mass is 395 g/mol. The number of aromatic nitrogens is 2. The van der Waals surface area contributed by atoms with Crippen molar-refractivity contribution < 1.29 is 0 Å². The van der Waals surface area contributed by atoms with Gasteiger partial charge in [-0.2, -0.15) is 0 Å². The first-order valence-corrected chi connectivity index (χ1v) is 10.5. The summed E-state index contributed by atoms with van der Waals surface area (Å²) in [7, 11) is 0. The van der Waals surface area contributed by atoms with Crippen LogP contribution in [0.5, 0.6) is 0 Å². The number of hydrogen-bond donors (Lipinski definition) is 2. The molecular weight excluding hydrogens is 370 g/mol. The molecule has 0 radical (unpaired) electrons. The Bertz CT molecular complexity index is 1300. The van der Waals surface area contributed by atoms with Gasteiger partial charge in [-0.3, -0.25) is 9.79 Å². The van der Waals surface area contributed by atoms with Crippen molar-refractivity contribution in [1.29, 1.82) is 0 Å². The molecule has 2 aromatic heterocycles. The lowest BCUT2D eigenvalue weighted by molar-refractivity contribution is 0.413. The molecule has 5 rings (SSSR count). The van der Waals surface area contributed by atoms with E-state index >= 15 is 0 Å². The number of hydrogen-bond acceptors (Lipinski definition) is 2. The molecule has 2 atom stereocenters. The Balaban J connectivity index is 1.57. The van der Waals surface area contributed by atoms with Crippen LogP contribution in [0.4, 0.5) is 0 Å². The standard InChI is InChI=1S/C26H25N3O/c1-3-21-19-13-17(2)15-26(21,22-10-11-25(30)29-24(22)14-19)28-12-6-7-18-16-27-23-9-5-4-8-20(18)23/h3-13,16,19,27H,14-15H2,1-2H3,(H,29,30)/b7-6+,21-3+,28-12?/t19-,26+/m0/s1. The lowest BCUT2D eigenvalue weighted by Gasteiger charge is -2.45. The maximum absolute atomic E-state index is 11.9. The Labute approximate surface area is 175 Å². The minimum Gasteiger partial charge on any atom is -0.361 e. The Hall–Kier alpha value is -3.40. The van der Waals surface area contributed by atoms with Crippen LogP contribution in [0.15, 0.2) is 81.8 Å². The van der Waals surface area contributed by atoms with Crippen molar-refractivity contribution in [2.24, 2.45) is 10.9 Å². The number of para-hydroxylation sites is 1. The summed E-state index contributed by atoms with van der Waals surface area (Å²) in [4.78, 5) is 23.4. The van der Waals surface area contributed by atoms with E-state index in [0.29, 0.717) is 0 Å². The van der Waals surface area contributed by atoms with Gasteiger partial charge in [0.1, 0.15) is 5.54 Å². The number of H-pyrrole nitrogens is 2. The molecule has 150 valence electrons. The third-order valence-electron chi connectivity index (χ3n) is 6.36. The molecule has 30 heavy (non-hydrogen) atoms. The van der Waals surface area contributed by atoms with Crippen molar-refractivity contribution in [3.05, 3.63) is 99.1 Å². The maximum Gasteiger partial charge on any atom is 0.248 e. The van der Waals surface area contributed by atoms with Crippen molar-refractivity contribution in [3.63, 3.8) is 0 Å². The number of benzene rings is 1. The smallest absolute Gasteiger partial charge is 0.248 e. The molecule has 2 N–H and O–H groups in total. The number of rotatable bonds is 3. The third kappa shape index (κ3) is 2.91. The summed E-state index contributed by atoms with van der Waals surface area (Å²) in [5, 5.41) is 1.20. The summed E-state index contributed by atoms with van der Waals surface area (Å²) < 4.78 is 0. The van der Waals surface area contributed by atoms with Crippen LogP contribution in [0, 0.1) is 5.92 Å². The van der Waals surface area contributed by atoms with Crippen molar-refractivity contribution >= 4 is 23.2 Å². The highest BCUT2D eigenvalue weighted by Gasteiger charge is 2.46. The van der Waals surface area contributed by atoms with Crippen LogP contribution in [-0.2, 0) is 12.0 Å². The van der Waals surface area contributed by atoms with E-state index in [2.05, 4.69) is 60.2 Å². The van der Waals surface area contributed by atoms with Crippen molar-refractivity contribution in [2.75, 3.05) is 0 Å². The molecule has 1 aromatic carbocycles. The molecule has 4 heteroatoms. The molecule has 0 amide bonds. The van der Waals surface area contributed by atoms with E-state index in [0.717, 1.165) is 35.2 Å². The molecule has 0 saturated carbocycles. The minimum absolute atomic E-state index is 0.0465. The summed E-state index contributed by atoms with van der Waals surface area (Å²) >= 11 is 0. The molecule has 0 aliphatic heterocycles. The molecule has 0 unspecified atom stereocenters. The average molecular weight is 396 g/mol. The van der Waals surface area contributed by atoms with Gasteiger partial charge in [0.05, 0.1) is 0 Å². The number of pyridine rings is 1. The Morgan fingerprint density at radius 3 is 2.93 bits per heavy atom. The fourth-order valence-electron chi connectivity index (χ4n) is 5.20. The molecule has 0 spiro atoms. The van der Waals surface area contributed by atoms with Gasteiger partial charge in [-0.15, -0.1) is 0 Å². The van der Waals surface area contributed by atoms with E-state index in [9.17, 15) is 4.79 Å². The average Bonchev–Trinajstić information content (AvgIpc) is 3.13. The largest absolute Gasteiger partial charge is 0.361 e. The third-order valence-corrected chi connectivity index (χ3v) is 6.36. The molecule has 3 aromatic rings. The molecule has 4 nitrogen and oxygen atoms in total. The second-order valence-corrected chi connectivity index (χ2v) is 8.25. The summed E-state index contributed by atoms with van der Waals surface area (Å²) in [6.07, 6.45) is 14.2. The summed E-state index contributed by atoms with van der Waals surface area (Å²) in [5.41, 5.74) is 6.59. The summed E-state index contributed by atoms with van der Waals surface area (Å²) in [6.45, 7) is 4.28. The van der Waals surface area contributed by atoms with Gasteiger partial charge in [0.25, 0.3) is 0 Å². The predicted octanol–water partition coefficient (Wildman–Crippen LogP) is 5.30. The van der Waals surface area contributed by atoms with Crippen LogP contribution >= 0.6 is 0 Å². The van der Waals surface area contributed by atoms with Crippen molar-refractivity contribution in [3.8, 4) is 0 Å². The SMILES string of the molecule is C/C=C1\[C@H]2C=C(C)C[C@]1(N=C/C=C/c1c[nH]c3ccccc13)c1ccc(=O)[nH]c1C2. The highest BCUT2D eigenvalue weighted by molar-refractivity contribution is 5.91. The minimum atomic E-state index is -0.444. The highest BCUT2D eigenvalue weighted by atomic mass is 16.1. The zero-order chi connectivity index (χ0) is 20.7. The zero-order valence-electron chi connectivity index (χ0n) is 17.3. The Morgan fingerprint density at radius 1 is 1.20 bits per heavy atom. The van der Waals surface area contributed by atoms with Crippen LogP contribution in [0.25, 0.3) is 17.0 Å². The molecule has 0 fully saturated rings. The van der Waals surface area contributed by atoms with E-state index in [4.69, 9.17) is 4.99 Å². The topological polar surface area (TPSA) is 61.0 Å². The quantitative estimate of drug-likeness (QED) is 0.458. The number of fused-ring (bicyclic) bond motifs is 5. The summed E-state index contributed by atoms with van der Waals surface area (Å²) in [5.74, 6) is 0.282.